The van der Waals surface area contributed by atoms with Crippen LogP contribution in [-0.2, 0) is 6.42 Å². The zero-order valence-electron chi connectivity index (χ0n) is 15.3. The molecule has 0 bridgehead atoms. The van der Waals surface area contributed by atoms with Gasteiger partial charge in [0.1, 0.15) is 5.65 Å². The summed E-state index contributed by atoms with van der Waals surface area (Å²) in [5.74, 6) is 1.83. The number of fused-ring (bicyclic) bond motifs is 1. The lowest BCUT2D eigenvalue weighted by Gasteiger charge is -2.11. The molecular weight excluding hydrogens is 342 g/mol. The molecular formula is C20H25N5S. The second kappa shape index (κ2) is 9.29. The van der Waals surface area contributed by atoms with Crippen molar-refractivity contribution in [3.05, 3.63) is 66.1 Å². The molecule has 0 aliphatic rings. The number of hydrogen-bond donors (Lipinski definition) is 2. The number of aliphatic imine (C=N–C) groups is 1. The Hall–Kier alpha value is -2.47. The number of aromatic nitrogens is 2. The number of thioether (sulfide) groups is 1. The fourth-order valence-corrected chi connectivity index (χ4v) is 3.50. The Morgan fingerprint density at radius 3 is 2.69 bits per heavy atom. The maximum atomic E-state index is 4.70. The normalized spacial score (nSPS) is 11.7. The predicted octanol–water partition coefficient (Wildman–Crippen LogP) is 3.14. The molecule has 0 unspecified atom stereocenters. The minimum Gasteiger partial charge on any atom is -0.356 e. The highest BCUT2D eigenvalue weighted by Gasteiger charge is 2.04. The molecule has 5 nitrogen and oxygen atoms in total. The molecule has 3 aromatic rings. The van der Waals surface area contributed by atoms with Crippen LogP contribution in [-0.4, -0.2) is 41.2 Å². The summed E-state index contributed by atoms with van der Waals surface area (Å²) in [7, 11) is 1.80. The molecule has 0 aliphatic heterocycles. The molecule has 136 valence electrons. The lowest BCUT2D eigenvalue weighted by molar-refractivity contribution is 0.802. The second-order valence-corrected chi connectivity index (χ2v) is 7.16. The molecule has 6 heteroatoms. The summed E-state index contributed by atoms with van der Waals surface area (Å²) in [5, 5.41) is 6.71. The van der Waals surface area contributed by atoms with E-state index in [0.29, 0.717) is 0 Å². The van der Waals surface area contributed by atoms with E-state index in [0.717, 1.165) is 42.6 Å². The zero-order valence-corrected chi connectivity index (χ0v) is 16.1. The lowest BCUT2D eigenvalue weighted by atomic mass is 10.3. The summed E-state index contributed by atoms with van der Waals surface area (Å²) in [6.07, 6.45) is 4.99. The van der Waals surface area contributed by atoms with Crippen molar-refractivity contribution < 1.29 is 0 Å². The largest absolute Gasteiger partial charge is 0.356 e. The number of rotatable bonds is 7. The first-order valence-corrected chi connectivity index (χ1v) is 9.80. The standard InChI is InChI=1S/C20H25N5S/c1-16-7-6-13-25-15-17(24-19(16)25)10-11-22-20(21-2)23-12-14-26-18-8-4-3-5-9-18/h3-9,13,15H,10-12,14H2,1-2H3,(H2,21,22,23). The molecule has 2 N–H and O–H groups in total. The van der Waals surface area contributed by atoms with E-state index in [4.69, 9.17) is 4.98 Å². The number of nitrogens with zero attached hydrogens (tertiary/aromatic N) is 3. The summed E-state index contributed by atoms with van der Waals surface area (Å²) in [5.41, 5.74) is 3.31. The lowest BCUT2D eigenvalue weighted by Crippen LogP contribution is -2.39. The number of imidazole rings is 1. The molecule has 1 aromatic carbocycles. The van der Waals surface area contributed by atoms with Crippen molar-refractivity contribution in [3.8, 4) is 0 Å². The van der Waals surface area contributed by atoms with Crippen molar-refractivity contribution >= 4 is 23.4 Å². The highest BCUT2D eigenvalue weighted by atomic mass is 32.2. The first-order chi connectivity index (χ1) is 12.8. The van der Waals surface area contributed by atoms with Crippen LogP contribution in [0.25, 0.3) is 5.65 Å². The van der Waals surface area contributed by atoms with E-state index in [-0.39, 0.29) is 0 Å². The van der Waals surface area contributed by atoms with Crippen LogP contribution < -0.4 is 10.6 Å². The fourth-order valence-electron chi connectivity index (χ4n) is 2.71. The highest BCUT2D eigenvalue weighted by molar-refractivity contribution is 7.99. The van der Waals surface area contributed by atoms with Crippen LogP contribution in [0.4, 0.5) is 0 Å². The molecule has 0 amide bonds. The topological polar surface area (TPSA) is 53.7 Å². The molecule has 0 fully saturated rings. The van der Waals surface area contributed by atoms with E-state index < -0.39 is 0 Å². The van der Waals surface area contributed by atoms with Gasteiger partial charge in [-0.1, -0.05) is 24.3 Å². The maximum absolute atomic E-state index is 4.70. The molecule has 0 radical (unpaired) electrons. The minimum absolute atomic E-state index is 0.800. The van der Waals surface area contributed by atoms with Gasteiger partial charge in [-0.3, -0.25) is 4.99 Å². The monoisotopic (exact) mass is 367 g/mol. The molecule has 0 atom stereocenters. The Morgan fingerprint density at radius 1 is 1.12 bits per heavy atom. The van der Waals surface area contributed by atoms with Gasteiger partial charge in [-0.05, 0) is 30.7 Å². The van der Waals surface area contributed by atoms with Crippen LogP contribution in [0.5, 0.6) is 0 Å². The summed E-state index contributed by atoms with van der Waals surface area (Å²) in [6.45, 7) is 3.75. The van der Waals surface area contributed by atoms with Crippen molar-refractivity contribution in [2.45, 2.75) is 18.2 Å². The van der Waals surface area contributed by atoms with Crippen molar-refractivity contribution in [2.75, 3.05) is 25.9 Å². The molecule has 0 saturated carbocycles. The Morgan fingerprint density at radius 2 is 1.92 bits per heavy atom. The van der Waals surface area contributed by atoms with E-state index in [1.165, 1.54) is 10.5 Å². The molecule has 0 spiro atoms. The van der Waals surface area contributed by atoms with Crippen molar-refractivity contribution in [1.82, 2.24) is 20.0 Å². The molecule has 2 aromatic heterocycles. The smallest absolute Gasteiger partial charge is 0.191 e. The van der Waals surface area contributed by atoms with E-state index in [9.17, 15) is 0 Å². The van der Waals surface area contributed by atoms with Crippen LogP contribution in [0.3, 0.4) is 0 Å². The van der Waals surface area contributed by atoms with Crippen LogP contribution in [0.1, 0.15) is 11.3 Å². The van der Waals surface area contributed by atoms with Crippen molar-refractivity contribution in [3.63, 3.8) is 0 Å². The van der Waals surface area contributed by atoms with Gasteiger partial charge in [-0.25, -0.2) is 4.98 Å². The maximum Gasteiger partial charge on any atom is 0.191 e. The summed E-state index contributed by atoms with van der Waals surface area (Å²) in [4.78, 5) is 10.3. The number of benzene rings is 1. The predicted molar refractivity (Wildman–Crippen MR) is 110 cm³/mol. The highest BCUT2D eigenvalue weighted by Crippen LogP contribution is 2.15. The van der Waals surface area contributed by atoms with E-state index in [2.05, 4.69) is 63.5 Å². The number of guanidine groups is 1. The van der Waals surface area contributed by atoms with Crippen LogP contribution in [0.2, 0.25) is 0 Å². The Bertz CT molecular complexity index is 857. The summed E-state index contributed by atoms with van der Waals surface area (Å²) in [6, 6.07) is 14.6. The summed E-state index contributed by atoms with van der Waals surface area (Å²) >= 11 is 1.84. The van der Waals surface area contributed by atoms with Gasteiger partial charge in [0.05, 0.1) is 5.69 Å². The minimum atomic E-state index is 0.800. The second-order valence-electron chi connectivity index (χ2n) is 5.99. The Kier molecular flexibility index (Phi) is 6.55. The van der Waals surface area contributed by atoms with Gasteiger partial charge in [-0.2, -0.15) is 0 Å². The fraction of sp³-hybridized carbons (Fsp3) is 0.300. The third kappa shape index (κ3) is 5.02. The average Bonchev–Trinajstić information content (AvgIpc) is 3.09. The van der Waals surface area contributed by atoms with Gasteiger partial charge in [-0.15, -0.1) is 11.8 Å². The SMILES string of the molecule is CN=C(NCCSc1ccccc1)NCCc1cn2cccc(C)c2n1. The molecule has 2 heterocycles. The molecule has 0 saturated heterocycles. The van der Waals surface area contributed by atoms with Crippen molar-refractivity contribution in [2.24, 2.45) is 4.99 Å². The first-order valence-electron chi connectivity index (χ1n) is 8.82. The van der Waals surface area contributed by atoms with Crippen LogP contribution in [0, 0.1) is 6.92 Å². The first kappa shape index (κ1) is 18.3. The molecule has 0 aliphatic carbocycles. The number of hydrogen-bond acceptors (Lipinski definition) is 3. The van der Waals surface area contributed by atoms with Crippen molar-refractivity contribution in [1.29, 1.82) is 0 Å². The van der Waals surface area contributed by atoms with Gasteiger partial charge >= 0.3 is 0 Å². The van der Waals surface area contributed by atoms with E-state index in [1.54, 1.807) is 7.05 Å². The van der Waals surface area contributed by atoms with Gasteiger partial charge in [0.2, 0.25) is 0 Å². The number of pyridine rings is 1. The Labute approximate surface area is 158 Å². The molecule has 3 rings (SSSR count). The van der Waals surface area contributed by atoms with E-state index in [1.807, 2.05) is 30.1 Å². The number of nitrogens with one attached hydrogen (secondary N) is 2. The summed E-state index contributed by atoms with van der Waals surface area (Å²) < 4.78 is 2.08. The van der Waals surface area contributed by atoms with Crippen LogP contribution >= 0.6 is 11.8 Å². The quantitative estimate of drug-likeness (QED) is 0.292. The number of aryl methyl sites for hydroxylation is 1. The van der Waals surface area contributed by atoms with Gasteiger partial charge in [0.15, 0.2) is 5.96 Å². The Balaban J connectivity index is 1.40. The third-order valence-corrected chi connectivity index (χ3v) is 5.05. The third-order valence-electron chi connectivity index (χ3n) is 4.03. The van der Waals surface area contributed by atoms with Crippen LogP contribution in [0.15, 0.2) is 64.7 Å². The zero-order chi connectivity index (χ0) is 18.2. The van der Waals surface area contributed by atoms with Gasteiger partial charge in [0.25, 0.3) is 0 Å². The molecule has 26 heavy (non-hydrogen) atoms. The average molecular weight is 368 g/mol. The van der Waals surface area contributed by atoms with Gasteiger partial charge in [0, 0.05) is 49.6 Å². The van der Waals surface area contributed by atoms with E-state index >= 15 is 0 Å². The van der Waals surface area contributed by atoms with Gasteiger partial charge < -0.3 is 15.0 Å².